The summed E-state index contributed by atoms with van der Waals surface area (Å²) >= 11 is 0. The first-order chi connectivity index (χ1) is 11.1. The summed E-state index contributed by atoms with van der Waals surface area (Å²) in [5.41, 5.74) is 1.04. The molecule has 2 fully saturated rings. The van der Waals surface area contributed by atoms with E-state index in [2.05, 4.69) is 0 Å². The van der Waals surface area contributed by atoms with Gasteiger partial charge in [-0.2, -0.15) is 0 Å². The number of methoxy groups -OCH3 is 1. The number of hydrogen-bond acceptors (Lipinski definition) is 5. The van der Waals surface area contributed by atoms with Gasteiger partial charge in [-0.3, -0.25) is 9.59 Å². The molecule has 124 valence electrons. The van der Waals surface area contributed by atoms with Crippen LogP contribution in [0.1, 0.15) is 31.7 Å². The Labute approximate surface area is 135 Å². The summed E-state index contributed by atoms with van der Waals surface area (Å²) in [7, 11) is 1.63. The number of carbonyl (C=O) groups is 2. The van der Waals surface area contributed by atoms with Gasteiger partial charge in [0.25, 0.3) is 0 Å². The molecule has 5 nitrogen and oxygen atoms in total. The number of rotatable bonds is 5. The minimum atomic E-state index is -0.604. The maximum atomic E-state index is 12.0. The smallest absolute Gasteiger partial charge is 0.317 e. The Hall–Kier alpha value is -1.88. The van der Waals surface area contributed by atoms with Crippen molar-refractivity contribution in [2.24, 2.45) is 11.8 Å². The van der Waals surface area contributed by atoms with E-state index < -0.39 is 5.92 Å². The Morgan fingerprint density at radius 3 is 2.65 bits per heavy atom. The Kier molecular flexibility index (Phi) is 4.66. The molecule has 4 atom stereocenters. The lowest BCUT2D eigenvalue weighted by atomic mass is 9.77. The third kappa shape index (κ3) is 3.24. The molecule has 0 radical (unpaired) electrons. The van der Waals surface area contributed by atoms with Crippen LogP contribution in [-0.4, -0.2) is 31.1 Å². The molecule has 1 aromatic rings. The molecule has 1 aliphatic heterocycles. The van der Waals surface area contributed by atoms with Crippen molar-refractivity contribution in [1.82, 2.24) is 0 Å². The van der Waals surface area contributed by atoms with E-state index in [0.717, 1.165) is 30.6 Å². The van der Waals surface area contributed by atoms with Crippen LogP contribution < -0.4 is 4.74 Å². The fourth-order valence-electron chi connectivity index (χ4n) is 3.63. The number of ketones is 1. The van der Waals surface area contributed by atoms with Gasteiger partial charge >= 0.3 is 5.97 Å². The van der Waals surface area contributed by atoms with Crippen LogP contribution in [0.4, 0.5) is 0 Å². The second-order valence-corrected chi connectivity index (χ2v) is 6.28. The average Bonchev–Trinajstić information content (AvgIpc) is 2.90. The van der Waals surface area contributed by atoms with Gasteiger partial charge in [0.05, 0.1) is 19.8 Å². The van der Waals surface area contributed by atoms with Gasteiger partial charge in [0.15, 0.2) is 0 Å². The van der Waals surface area contributed by atoms with Gasteiger partial charge in [0, 0.05) is 5.92 Å². The van der Waals surface area contributed by atoms with E-state index in [-0.39, 0.29) is 29.9 Å². The topological polar surface area (TPSA) is 61.8 Å². The molecular formula is C18H22O5. The molecule has 1 aliphatic carbocycles. The average molecular weight is 318 g/mol. The van der Waals surface area contributed by atoms with E-state index in [0.29, 0.717) is 6.61 Å². The van der Waals surface area contributed by atoms with E-state index in [1.165, 1.54) is 6.92 Å². The number of fused-ring (bicyclic) bond motifs is 1. The van der Waals surface area contributed by atoms with Crippen molar-refractivity contribution in [3.05, 3.63) is 29.8 Å². The predicted octanol–water partition coefficient (Wildman–Crippen LogP) is 2.51. The summed E-state index contributed by atoms with van der Waals surface area (Å²) < 4.78 is 16.6. The van der Waals surface area contributed by atoms with Gasteiger partial charge in [-0.05, 0) is 37.5 Å². The van der Waals surface area contributed by atoms with Crippen LogP contribution in [0.5, 0.6) is 5.75 Å². The van der Waals surface area contributed by atoms with Gasteiger partial charge in [0.1, 0.15) is 23.6 Å². The van der Waals surface area contributed by atoms with E-state index in [4.69, 9.17) is 14.2 Å². The van der Waals surface area contributed by atoms with Gasteiger partial charge in [-0.25, -0.2) is 0 Å². The van der Waals surface area contributed by atoms with Crippen molar-refractivity contribution in [3.63, 3.8) is 0 Å². The fourth-order valence-corrected chi connectivity index (χ4v) is 3.63. The third-order valence-electron chi connectivity index (χ3n) is 4.81. The quantitative estimate of drug-likeness (QED) is 0.616. The normalized spacial score (nSPS) is 29.7. The highest BCUT2D eigenvalue weighted by atomic mass is 16.6. The number of Topliss-reactive ketones (excluding diaryl/α,β-unsaturated/α-hetero) is 1. The lowest BCUT2D eigenvalue weighted by molar-refractivity contribution is -0.152. The zero-order valence-electron chi connectivity index (χ0n) is 13.5. The van der Waals surface area contributed by atoms with Crippen molar-refractivity contribution < 1.29 is 23.8 Å². The van der Waals surface area contributed by atoms with E-state index in [1.807, 2.05) is 24.3 Å². The van der Waals surface area contributed by atoms with Crippen LogP contribution in [0.15, 0.2) is 24.3 Å². The summed E-state index contributed by atoms with van der Waals surface area (Å²) in [5, 5.41) is 0. The number of benzene rings is 1. The molecule has 1 saturated carbocycles. The zero-order valence-corrected chi connectivity index (χ0v) is 13.5. The molecule has 1 aromatic carbocycles. The minimum absolute atomic E-state index is 0.0328. The van der Waals surface area contributed by atoms with Crippen LogP contribution in [0.2, 0.25) is 0 Å². The molecule has 0 N–H and O–H groups in total. The van der Waals surface area contributed by atoms with Gasteiger partial charge in [-0.15, -0.1) is 0 Å². The summed E-state index contributed by atoms with van der Waals surface area (Å²) in [6.45, 7) is 1.93. The van der Waals surface area contributed by atoms with Crippen molar-refractivity contribution >= 4 is 11.8 Å². The number of carbonyl (C=O) groups excluding carboxylic acids is 2. The van der Waals surface area contributed by atoms with E-state index >= 15 is 0 Å². The summed E-state index contributed by atoms with van der Waals surface area (Å²) in [6, 6.07) is 7.70. The highest BCUT2D eigenvalue weighted by molar-refractivity contribution is 5.99. The Bertz CT molecular complexity index is 580. The largest absolute Gasteiger partial charge is 0.497 e. The first kappa shape index (κ1) is 16.0. The molecule has 0 spiro atoms. The molecule has 0 aromatic heterocycles. The first-order valence-electron chi connectivity index (χ1n) is 8.05. The standard InChI is InChI=1S/C18H22O5/c1-11(19)16-14-4-3-5-15(17(14)23-18(16)20)22-10-12-6-8-13(21-2)9-7-12/h6-9,14-17H,3-5,10H2,1-2H3. The molecular weight excluding hydrogens is 296 g/mol. The predicted molar refractivity (Wildman–Crippen MR) is 83.0 cm³/mol. The van der Waals surface area contributed by atoms with Gasteiger partial charge in [-0.1, -0.05) is 18.6 Å². The van der Waals surface area contributed by atoms with Gasteiger partial charge in [0.2, 0.25) is 0 Å². The lowest BCUT2D eigenvalue weighted by Gasteiger charge is -2.32. The SMILES string of the molecule is COc1ccc(COC2CCCC3C(C(C)=O)C(=O)OC23)cc1. The van der Waals surface area contributed by atoms with E-state index in [1.54, 1.807) is 7.11 Å². The molecule has 1 heterocycles. The van der Waals surface area contributed by atoms with Gasteiger partial charge < -0.3 is 14.2 Å². The summed E-state index contributed by atoms with van der Waals surface area (Å²) in [6.07, 6.45) is 2.24. The fraction of sp³-hybridized carbons (Fsp3) is 0.556. The maximum Gasteiger partial charge on any atom is 0.317 e. The maximum absolute atomic E-state index is 12.0. The van der Waals surface area contributed by atoms with Crippen LogP contribution in [0.25, 0.3) is 0 Å². The number of hydrogen-bond donors (Lipinski definition) is 0. The van der Waals surface area contributed by atoms with Crippen molar-refractivity contribution in [3.8, 4) is 5.75 Å². The van der Waals surface area contributed by atoms with Crippen molar-refractivity contribution in [2.45, 2.75) is 45.0 Å². The van der Waals surface area contributed by atoms with Crippen LogP contribution in [0, 0.1) is 11.8 Å². The van der Waals surface area contributed by atoms with Crippen LogP contribution in [-0.2, 0) is 25.7 Å². The second kappa shape index (κ2) is 6.71. The Balaban J connectivity index is 1.64. The van der Waals surface area contributed by atoms with E-state index in [9.17, 15) is 9.59 Å². The molecule has 23 heavy (non-hydrogen) atoms. The molecule has 4 unspecified atom stereocenters. The highest BCUT2D eigenvalue weighted by Gasteiger charge is 2.51. The number of esters is 1. The zero-order chi connectivity index (χ0) is 16.4. The summed E-state index contributed by atoms with van der Waals surface area (Å²) in [4.78, 5) is 23.7. The Morgan fingerprint density at radius 1 is 1.26 bits per heavy atom. The minimum Gasteiger partial charge on any atom is -0.497 e. The number of ether oxygens (including phenoxy) is 3. The monoisotopic (exact) mass is 318 g/mol. The van der Waals surface area contributed by atoms with Crippen LogP contribution >= 0.6 is 0 Å². The molecule has 3 rings (SSSR count). The molecule has 5 heteroatoms. The first-order valence-corrected chi connectivity index (χ1v) is 8.05. The molecule has 0 amide bonds. The third-order valence-corrected chi connectivity index (χ3v) is 4.81. The Morgan fingerprint density at radius 2 is 2.00 bits per heavy atom. The molecule has 1 saturated heterocycles. The molecule has 2 aliphatic rings. The lowest BCUT2D eigenvalue weighted by Crippen LogP contribution is -2.39. The highest BCUT2D eigenvalue weighted by Crippen LogP contribution is 2.40. The molecule has 0 bridgehead atoms. The van der Waals surface area contributed by atoms with Crippen molar-refractivity contribution in [2.75, 3.05) is 7.11 Å². The summed E-state index contributed by atoms with van der Waals surface area (Å²) in [5.74, 6) is -0.312. The second-order valence-electron chi connectivity index (χ2n) is 6.28. The van der Waals surface area contributed by atoms with Crippen LogP contribution in [0.3, 0.4) is 0 Å². The van der Waals surface area contributed by atoms with Crippen molar-refractivity contribution in [1.29, 1.82) is 0 Å².